The van der Waals surface area contributed by atoms with Crippen LogP contribution in [0, 0.1) is 40.4 Å². The third-order valence-electron chi connectivity index (χ3n) is 10.7. The van der Waals surface area contributed by atoms with Crippen molar-refractivity contribution >= 4 is 10.0 Å². The SMILES string of the molecule is CC1CCC2(C)C(CCC3C2CCC2(C)C3CCC2N(C)S(=O)(=O)c2ccccc2)C1. The van der Waals surface area contributed by atoms with Crippen molar-refractivity contribution in [3.05, 3.63) is 30.3 Å². The van der Waals surface area contributed by atoms with Gasteiger partial charge in [-0.05, 0) is 104 Å². The smallest absolute Gasteiger partial charge is 0.207 e. The first-order valence-corrected chi connectivity index (χ1v) is 14.1. The maximum absolute atomic E-state index is 13.4. The van der Waals surface area contributed by atoms with Crippen LogP contribution in [0.5, 0.6) is 0 Å². The van der Waals surface area contributed by atoms with E-state index >= 15 is 0 Å². The normalized spacial score (nSPS) is 45.1. The second-order valence-electron chi connectivity index (χ2n) is 12.0. The van der Waals surface area contributed by atoms with Crippen LogP contribution in [0.3, 0.4) is 0 Å². The van der Waals surface area contributed by atoms with Crippen LogP contribution >= 0.6 is 0 Å². The first-order chi connectivity index (χ1) is 14.7. The van der Waals surface area contributed by atoms with E-state index in [9.17, 15) is 8.42 Å². The molecule has 4 fully saturated rings. The summed E-state index contributed by atoms with van der Waals surface area (Å²) in [6.45, 7) is 7.51. The van der Waals surface area contributed by atoms with Crippen molar-refractivity contribution < 1.29 is 8.42 Å². The molecular formula is C27H41NO2S. The molecule has 8 atom stereocenters. The fraction of sp³-hybridized carbons (Fsp3) is 0.778. The van der Waals surface area contributed by atoms with Crippen molar-refractivity contribution in [1.82, 2.24) is 4.31 Å². The Morgan fingerprint density at radius 3 is 2.29 bits per heavy atom. The maximum atomic E-state index is 13.4. The van der Waals surface area contributed by atoms with Crippen molar-refractivity contribution in [2.24, 2.45) is 40.4 Å². The van der Waals surface area contributed by atoms with Crippen LogP contribution in [-0.2, 0) is 10.0 Å². The topological polar surface area (TPSA) is 37.4 Å². The molecule has 0 heterocycles. The highest BCUT2D eigenvalue weighted by atomic mass is 32.2. The summed E-state index contributed by atoms with van der Waals surface area (Å²) in [4.78, 5) is 0.433. The quantitative estimate of drug-likeness (QED) is 0.545. The first kappa shape index (κ1) is 21.9. The predicted molar refractivity (Wildman–Crippen MR) is 126 cm³/mol. The highest BCUT2D eigenvalue weighted by Gasteiger charge is 2.61. The van der Waals surface area contributed by atoms with Gasteiger partial charge in [-0.25, -0.2) is 8.42 Å². The third kappa shape index (κ3) is 3.26. The highest BCUT2D eigenvalue weighted by Crippen LogP contribution is 2.67. The number of hydrogen-bond acceptors (Lipinski definition) is 2. The minimum Gasteiger partial charge on any atom is -0.207 e. The molecule has 4 aliphatic carbocycles. The molecule has 1 aromatic rings. The summed E-state index contributed by atoms with van der Waals surface area (Å²) in [5.41, 5.74) is 0.639. The number of rotatable bonds is 3. The Kier molecular flexibility index (Phi) is 5.37. The molecule has 3 nitrogen and oxygen atoms in total. The average molecular weight is 444 g/mol. The lowest BCUT2D eigenvalue weighted by Gasteiger charge is -2.61. The summed E-state index contributed by atoms with van der Waals surface area (Å²) >= 11 is 0. The molecule has 0 saturated heterocycles. The Morgan fingerprint density at radius 1 is 0.871 bits per heavy atom. The molecule has 1 aromatic carbocycles. The number of benzene rings is 1. The lowest BCUT2D eigenvalue weighted by atomic mass is 9.44. The Labute approximate surface area is 190 Å². The second kappa shape index (κ2) is 7.58. The zero-order valence-electron chi connectivity index (χ0n) is 19.9. The van der Waals surface area contributed by atoms with Gasteiger partial charge in [0.1, 0.15) is 0 Å². The minimum atomic E-state index is -3.44. The van der Waals surface area contributed by atoms with Gasteiger partial charge in [0.2, 0.25) is 10.0 Å². The average Bonchev–Trinajstić information content (AvgIpc) is 3.11. The molecule has 31 heavy (non-hydrogen) atoms. The van der Waals surface area contributed by atoms with E-state index in [-0.39, 0.29) is 11.5 Å². The standard InChI is InChI=1S/C27H41NO2S/c1-19-14-16-26(2)20(18-19)10-11-22-23-12-13-25(27(23,3)17-15-24(22)26)28(4)31(29,30)21-8-6-5-7-9-21/h5-9,19-20,22-25H,10-18H2,1-4H3. The highest BCUT2D eigenvalue weighted by molar-refractivity contribution is 7.89. The lowest BCUT2D eigenvalue weighted by molar-refractivity contribution is -0.116. The van der Waals surface area contributed by atoms with E-state index in [1.165, 1.54) is 51.4 Å². The van der Waals surface area contributed by atoms with E-state index in [0.29, 0.717) is 16.2 Å². The maximum Gasteiger partial charge on any atom is 0.243 e. The molecular weight excluding hydrogens is 402 g/mol. The molecule has 5 rings (SSSR count). The van der Waals surface area contributed by atoms with Gasteiger partial charge in [-0.3, -0.25) is 0 Å². The van der Waals surface area contributed by atoms with Crippen molar-refractivity contribution in [3.8, 4) is 0 Å². The van der Waals surface area contributed by atoms with Gasteiger partial charge >= 0.3 is 0 Å². The minimum absolute atomic E-state index is 0.114. The zero-order valence-corrected chi connectivity index (χ0v) is 20.7. The molecule has 4 saturated carbocycles. The van der Waals surface area contributed by atoms with Crippen LogP contribution in [-0.4, -0.2) is 25.8 Å². The molecule has 0 amide bonds. The molecule has 0 N–H and O–H groups in total. The van der Waals surface area contributed by atoms with Gasteiger partial charge in [-0.1, -0.05) is 45.4 Å². The summed E-state index contributed by atoms with van der Waals surface area (Å²) in [6, 6.07) is 9.15. The van der Waals surface area contributed by atoms with Gasteiger partial charge in [-0.15, -0.1) is 0 Å². The Hall–Kier alpha value is -0.870. The number of fused-ring (bicyclic) bond motifs is 5. The predicted octanol–water partition coefficient (Wildman–Crippen LogP) is 6.35. The Morgan fingerprint density at radius 2 is 1.55 bits per heavy atom. The van der Waals surface area contributed by atoms with Crippen molar-refractivity contribution in [3.63, 3.8) is 0 Å². The molecule has 4 heteroatoms. The van der Waals surface area contributed by atoms with E-state index in [1.54, 1.807) is 16.4 Å². The van der Waals surface area contributed by atoms with Gasteiger partial charge < -0.3 is 0 Å². The fourth-order valence-electron chi connectivity index (χ4n) is 8.97. The van der Waals surface area contributed by atoms with Crippen LogP contribution < -0.4 is 0 Å². The lowest BCUT2D eigenvalue weighted by Crippen LogP contribution is -2.56. The number of hydrogen-bond donors (Lipinski definition) is 0. The van der Waals surface area contributed by atoms with Crippen molar-refractivity contribution in [1.29, 1.82) is 0 Å². The molecule has 0 bridgehead atoms. The van der Waals surface area contributed by atoms with Gasteiger partial charge in [-0.2, -0.15) is 4.31 Å². The summed E-state index contributed by atoms with van der Waals surface area (Å²) in [5, 5.41) is 0. The summed E-state index contributed by atoms with van der Waals surface area (Å²) < 4.78 is 28.6. The monoisotopic (exact) mass is 443 g/mol. The van der Waals surface area contributed by atoms with E-state index in [0.717, 1.165) is 30.1 Å². The van der Waals surface area contributed by atoms with Crippen LogP contribution in [0.1, 0.15) is 78.6 Å². The molecule has 0 aliphatic heterocycles. The van der Waals surface area contributed by atoms with Crippen molar-refractivity contribution in [2.45, 2.75) is 89.5 Å². The van der Waals surface area contributed by atoms with Gasteiger partial charge in [0.25, 0.3) is 0 Å². The van der Waals surface area contributed by atoms with E-state index in [4.69, 9.17) is 0 Å². The summed E-state index contributed by atoms with van der Waals surface area (Å²) in [7, 11) is -1.60. The van der Waals surface area contributed by atoms with Crippen LogP contribution in [0.4, 0.5) is 0 Å². The van der Waals surface area contributed by atoms with E-state index in [2.05, 4.69) is 20.8 Å². The number of sulfonamides is 1. The van der Waals surface area contributed by atoms with Crippen LogP contribution in [0.25, 0.3) is 0 Å². The van der Waals surface area contributed by atoms with E-state index < -0.39 is 10.0 Å². The molecule has 8 unspecified atom stereocenters. The Bertz CT molecular complexity index is 914. The van der Waals surface area contributed by atoms with E-state index in [1.807, 2.05) is 25.2 Å². The van der Waals surface area contributed by atoms with Gasteiger partial charge in [0.15, 0.2) is 0 Å². The van der Waals surface area contributed by atoms with Gasteiger partial charge in [0.05, 0.1) is 4.90 Å². The van der Waals surface area contributed by atoms with Gasteiger partial charge in [0, 0.05) is 13.1 Å². The molecule has 0 radical (unpaired) electrons. The third-order valence-corrected chi connectivity index (χ3v) is 12.6. The number of nitrogens with zero attached hydrogens (tertiary/aromatic N) is 1. The first-order valence-electron chi connectivity index (χ1n) is 12.7. The molecule has 0 spiro atoms. The van der Waals surface area contributed by atoms with Crippen LogP contribution in [0.15, 0.2) is 35.2 Å². The second-order valence-corrected chi connectivity index (χ2v) is 14.0. The molecule has 172 valence electrons. The van der Waals surface area contributed by atoms with Crippen LogP contribution in [0.2, 0.25) is 0 Å². The summed E-state index contributed by atoms with van der Waals surface area (Å²) in [6.07, 6.45) is 11.7. The fourth-order valence-corrected chi connectivity index (χ4v) is 10.5. The Balaban J connectivity index is 1.40. The van der Waals surface area contributed by atoms with Crippen molar-refractivity contribution in [2.75, 3.05) is 7.05 Å². The molecule has 4 aliphatic rings. The largest absolute Gasteiger partial charge is 0.243 e. The molecule has 0 aromatic heterocycles. The summed E-state index contributed by atoms with van der Waals surface area (Å²) in [5.74, 6) is 4.15. The zero-order chi connectivity index (χ0) is 22.0.